The highest BCUT2D eigenvalue weighted by molar-refractivity contribution is 6.05. The van der Waals surface area contributed by atoms with Crippen LogP contribution in [0.2, 0.25) is 0 Å². The van der Waals surface area contributed by atoms with Gasteiger partial charge in [-0.15, -0.1) is 0 Å². The van der Waals surface area contributed by atoms with Crippen molar-refractivity contribution in [1.82, 2.24) is 19.7 Å². The van der Waals surface area contributed by atoms with Gasteiger partial charge >= 0.3 is 0 Å². The van der Waals surface area contributed by atoms with Crippen molar-refractivity contribution in [2.24, 2.45) is 0 Å². The Hall–Kier alpha value is -3.22. The van der Waals surface area contributed by atoms with Crippen molar-refractivity contribution in [2.75, 3.05) is 11.1 Å². The maximum atomic E-state index is 12.1. The van der Waals surface area contributed by atoms with E-state index in [2.05, 4.69) is 20.4 Å². The molecule has 0 unspecified atom stereocenters. The molecule has 0 spiro atoms. The molecule has 0 aliphatic carbocycles. The van der Waals surface area contributed by atoms with Gasteiger partial charge in [0, 0.05) is 24.7 Å². The van der Waals surface area contributed by atoms with Crippen molar-refractivity contribution in [3.63, 3.8) is 0 Å². The van der Waals surface area contributed by atoms with Gasteiger partial charge in [0.2, 0.25) is 0 Å². The molecule has 0 saturated heterocycles. The monoisotopic (exact) mass is 294 g/mol. The second-order valence-corrected chi connectivity index (χ2v) is 4.63. The van der Waals surface area contributed by atoms with Crippen LogP contribution < -0.4 is 11.1 Å². The van der Waals surface area contributed by atoms with Crippen LogP contribution in [0, 0.1) is 0 Å². The molecule has 1 aromatic carbocycles. The Labute approximate surface area is 126 Å². The van der Waals surface area contributed by atoms with E-state index in [9.17, 15) is 4.79 Å². The van der Waals surface area contributed by atoms with Crippen molar-refractivity contribution < 1.29 is 4.79 Å². The fourth-order valence-electron chi connectivity index (χ4n) is 1.99. The normalized spacial score (nSPS) is 10.4. The second-order valence-electron chi connectivity index (χ2n) is 4.63. The smallest absolute Gasteiger partial charge is 0.279 e. The van der Waals surface area contributed by atoms with Gasteiger partial charge in [-0.05, 0) is 5.56 Å². The SMILES string of the molecule is Nc1nccnc1C(=O)Nc1ccn(Cc2ccccc2)n1. The minimum Gasteiger partial charge on any atom is -0.382 e. The Bertz CT molecular complexity index is 783. The predicted octanol–water partition coefficient (Wildman–Crippen LogP) is 1.56. The molecule has 0 bridgehead atoms. The van der Waals surface area contributed by atoms with E-state index < -0.39 is 5.91 Å². The van der Waals surface area contributed by atoms with Crippen LogP contribution in [0.15, 0.2) is 55.0 Å². The summed E-state index contributed by atoms with van der Waals surface area (Å²) in [5.74, 6) is 0.0882. The van der Waals surface area contributed by atoms with E-state index in [1.165, 1.54) is 12.4 Å². The van der Waals surface area contributed by atoms with Crippen molar-refractivity contribution in [1.29, 1.82) is 0 Å². The molecule has 1 amide bonds. The number of hydrogen-bond donors (Lipinski definition) is 2. The minimum atomic E-state index is -0.435. The van der Waals surface area contributed by atoms with Crippen LogP contribution in [0.4, 0.5) is 11.6 Å². The van der Waals surface area contributed by atoms with Crippen LogP contribution in [0.1, 0.15) is 16.1 Å². The van der Waals surface area contributed by atoms with Crippen LogP contribution >= 0.6 is 0 Å². The molecule has 3 N–H and O–H groups in total. The third-order valence-corrected chi connectivity index (χ3v) is 3.01. The maximum Gasteiger partial charge on any atom is 0.279 e. The van der Waals surface area contributed by atoms with Crippen LogP contribution in [-0.4, -0.2) is 25.7 Å². The van der Waals surface area contributed by atoms with Crippen molar-refractivity contribution in [3.05, 3.63) is 66.2 Å². The number of nitrogens with two attached hydrogens (primary N) is 1. The molecule has 2 aromatic heterocycles. The second kappa shape index (κ2) is 6.04. The summed E-state index contributed by atoms with van der Waals surface area (Å²) >= 11 is 0. The molecule has 2 heterocycles. The van der Waals surface area contributed by atoms with Gasteiger partial charge in [-0.2, -0.15) is 5.10 Å². The number of nitrogen functional groups attached to an aromatic ring is 1. The van der Waals surface area contributed by atoms with Crippen LogP contribution in [-0.2, 0) is 6.54 Å². The molecular weight excluding hydrogens is 280 g/mol. The summed E-state index contributed by atoms with van der Waals surface area (Å²) in [6.07, 6.45) is 4.64. The fourth-order valence-corrected chi connectivity index (χ4v) is 1.99. The minimum absolute atomic E-state index is 0.0834. The number of carbonyl (C=O) groups is 1. The molecule has 0 atom stereocenters. The molecule has 0 saturated carbocycles. The summed E-state index contributed by atoms with van der Waals surface area (Å²) in [6.45, 7) is 0.629. The van der Waals surface area contributed by atoms with Crippen molar-refractivity contribution >= 4 is 17.5 Å². The molecule has 22 heavy (non-hydrogen) atoms. The molecular formula is C15H14N6O. The maximum absolute atomic E-state index is 12.1. The summed E-state index contributed by atoms with van der Waals surface area (Å²) < 4.78 is 1.74. The number of carbonyl (C=O) groups excluding carboxylic acids is 1. The number of nitrogens with one attached hydrogen (secondary N) is 1. The van der Waals surface area contributed by atoms with Crippen LogP contribution in [0.25, 0.3) is 0 Å². The van der Waals surface area contributed by atoms with E-state index >= 15 is 0 Å². The van der Waals surface area contributed by atoms with Crippen molar-refractivity contribution in [3.8, 4) is 0 Å². The van der Waals surface area contributed by atoms with Gasteiger partial charge in [0.15, 0.2) is 17.3 Å². The first-order valence-corrected chi connectivity index (χ1v) is 6.67. The largest absolute Gasteiger partial charge is 0.382 e. The number of anilines is 2. The Balaban J connectivity index is 1.69. The van der Waals surface area contributed by atoms with E-state index in [1.54, 1.807) is 16.9 Å². The molecule has 3 rings (SSSR count). The molecule has 3 aromatic rings. The molecule has 0 radical (unpaired) electrons. The molecule has 0 fully saturated rings. The van der Waals surface area contributed by atoms with E-state index in [0.29, 0.717) is 12.4 Å². The highest BCUT2D eigenvalue weighted by atomic mass is 16.2. The summed E-state index contributed by atoms with van der Waals surface area (Å²) in [7, 11) is 0. The average Bonchev–Trinajstić information content (AvgIpc) is 2.95. The van der Waals surface area contributed by atoms with E-state index in [4.69, 9.17) is 5.73 Å². The number of hydrogen-bond acceptors (Lipinski definition) is 5. The Kier molecular flexibility index (Phi) is 3.78. The standard InChI is InChI=1S/C15H14N6O/c16-14-13(17-7-8-18-14)15(22)19-12-6-9-21(20-12)10-11-4-2-1-3-5-11/h1-9H,10H2,(H2,16,18)(H,19,20,22). The number of benzene rings is 1. The van der Waals surface area contributed by atoms with Gasteiger partial charge in [0.05, 0.1) is 6.54 Å². The first kappa shape index (κ1) is 13.7. The van der Waals surface area contributed by atoms with E-state index in [-0.39, 0.29) is 11.5 Å². The van der Waals surface area contributed by atoms with Gasteiger partial charge in [-0.3, -0.25) is 9.48 Å². The summed E-state index contributed by atoms with van der Waals surface area (Å²) in [6, 6.07) is 11.6. The lowest BCUT2D eigenvalue weighted by Gasteiger charge is -2.03. The zero-order chi connectivity index (χ0) is 15.4. The quantitative estimate of drug-likeness (QED) is 0.760. The first-order chi connectivity index (χ1) is 10.7. The van der Waals surface area contributed by atoms with Gasteiger partial charge in [0.1, 0.15) is 0 Å². The van der Waals surface area contributed by atoms with Crippen LogP contribution in [0.5, 0.6) is 0 Å². The lowest BCUT2D eigenvalue weighted by atomic mass is 10.2. The fraction of sp³-hybridized carbons (Fsp3) is 0.0667. The first-order valence-electron chi connectivity index (χ1n) is 6.67. The predicted molar refractivity (Wildman–Crippen MR) is 82.2 cm³/mol. The van der Waals surface area contributed by atoms with Gasteiger partial charge < -0.3 is 11.1 Å². The highest BCUT2D eigenvalue weighted by Gasteiger charge is 2.13. The number of aromatic nitrogens is 4. The molecule has 7 nitrogen and oxygen atoms in total. The number of rotatable bonds is 4. The Morgan fingerprint density at radius 2 is 1.91 bits per heavy atom. The van der Waals surface area contributed by atoms with Crippen molar-refractivity contribution in [2.45, 2.75) is 6.54 Å². The topological polar surface area (TPSA) is 98.7 Å². The summed E-state index contributed by atoms with van der Waals surface area (Å²) in [5.41, 5.74) is 6.83. The number of nitrogens with zero attached hydrogens (tertiary/aromatic N) is 4. The van der Waals surface area contributed by atoms with Gasteiger partial charge in [-0.1, -0.05) is 30.3 Å². The molecule has 0 aliphatic rings. The van der Waals surface area contributed by atoms with E-state index in [1.807, 2.05) is 30.3 Å². The van der Waals surface area contributed by atoms with Crippen LogP contribution in [0.3, 0.4) is 0 Å². The van der Waals surface area contributed by atoms with Gasteiger partial charge in [0.25, 0.3) is 5.91 Å². The molecule has 0 aliphatic heterocycles. The zero-order valence-corrected chi connectivity index (χ0v) is 11.7. The summed E-state index contributed by atoms with van der Waals surface area (Å²) in [4.78, 5) is 19.8. The summed E-state index contributed by atoms with van der Waals surface area (Å²) in [5, 5.41) is 6.95. The van der Waals surface area contributed by atoms with E-state index in [0.717, 1.165) is 5.56 Å². The molecule has 110 valence electrons. The average molecular weight is 294 g/mol. The van der Waals surface area contributed by atoms with Gasteiger partial charge in [-0.25, -0.2) is 9.97 Å². The number of amides is 1. The highest BCUT2D eigenvalue weighted by Crippen LogP contribution is 2.09. The Morgan fingerprint density at radius 3 is 2.68 bits per heavy atom. The zero-order valence-electron chi connectivity index (χ0n) is 11.7. The molecule has 7 heteroatoms. The Morgan fingerprint density at radius 1 is 1.14 bits per heavy atom. The lowest BCUT2D eigenvalue weighted by molar-refractivity contribution is 0.102. The lowest BCUT2D eigenvalue weighted by Crippen LogP contribution is -2.17. The third-order valence-electron chi connectivity index (χ3n) is 3.01. The third kappa shape index (κ3) is 3.09.